The van der Waals surface area contributed by atoms with Crippen LogP contribution in [0.25, 0.3) is 0 Å². The van der Waals surface area contributed by atoms with Crippen LogP contribution in [0.15, 0.2) is 35.8 Å². The Morgan fingerprint density at radius 3 is 2.62 bits per heavy atom. The molecule has 6 heteroatoms. The van der Waals surface area contributed by atoms with Crippen LogP contribution in [0.1, 0.15) is 20.9 Å². The number of rotatable bonds is 6. The van der Waals surface area contributed by atoms with E-state index in [-0.39, 0.29) is 18.4 Å². The number of nitrogens with one attached hydrogen (secondary N) is 2. The number of amides is 2. The van der Waals surface area contributed by atoms with Gasteiger partial charge in [-0.25, -0.2) is 4.98 Å². The smallest absolute Gasteiger partial charge is 0.251 e. The zero-order chi connectivity index (χ0) is 15.1. The minimum Gasteiger partial charge on any atom is -0.354 e. The quantitative estimate of drug-likeness (QED) is 0.850. The number of aromatic nitrogens is 1. The van der Waals surface area contributed by atoms with Gasteiger partial charge in [-0.05, 0) is 19.1 Å². The lowest BCUT2D eigenvalue weighted by atomic mass is 10.2. The standard InChI is InChI=1S/C15H17N3O2S/c1-11-13(21-10-18-11)7-8-16-14(19)9-17-15(20)12-5-3-2-4-6-12/h2-6,10H,7-9H2,1H3,(H,16,19)(H,17,20). The van der Waals surface area contributed by atoms with Crippen molar-refractivity contribution in [1.29, 1.82) is 0 Å². The highest BCUT2D eigenvalue weighted by atomic mass is 32.1. The molecule has 5 nitrogen and oxygen atoms in total. The van der Waals surface area contributed by atoms with Crippen LogP contribution < -0.4 is 10.6 Å². The molecule has 0 fully saturated rings. The van der Waals surface area contributed by atoms with Gasteiger partial charge in [0.15, 0.2) is 0 Å². The molecule has 0 atom stereocenters. The monoisotopic (exact) mass is 303 g/mol. The summed E-state index contributed by atoms with van der Waals surface area (Å²) in [5, 5.41) is 5.37. The van der Waals surface area contributed by atoms with Crippen molar-refractivity contribution in [2.75, 3.05) is 13.1 Å². The molecule has 2 amide bonds. The van der Waals surface area contributed by atoms with Crippen molar-refractivity contribution in [2.24, 2.45) is 0 Å². The van der Waals surface area contributed by atoms with Crippen molar-refractivity contribution in [3.8, 4) is 0 Å². The number of hydrogen-bond donors (Lipinski definition) is 2. The van der Waals surface area contributed by atoms with Gasteiger partial charge in [0.05, 0.1) is 17.7 Å². The summed E-state index contributed by atoms with van der Waals surface area (Å²) in [6.45, 7) is 2.48. The van der Waals surface area contributed by atoms with E-state index in [0.29, 0.717) is 12.1 Å². The first-order valence-electron chi connectivity index (χ1n) is 6.65. The van der Waals surface area contributed by atoms with Gasteiger partial charge in [-0.2, -0.15) is 0 Å². The summed E-state index contributed by atoms with van der Waals surface area (Å²) in [5.74, 6) is -0.439. The van der Waals surface area contributed by atoms with Gasteiger partial charge in [-0.3, -0.25) is 9.59 Å². The van der Waals surface area contributed by atoms with Gasteiger partial charge >= 0.3 is 0 Å². The summed E-state index contributed by atoms with van der Waals surface area (Å²) in [5.41, 5.74) is 3.35. The fourth-order valence-corrected chi connectivity index (χ4v) is 2.58. The summed E-state index contributed by atoms with van der Waals surface area (Å²) >= 11 is 1.58. The predicted octanol–water partition coefficient (Wildman–Crippen LogP) is 1.54. The van der Waals surface area contributed by atoms with Crippen molar-refractivity contribution in [3.63, 3.8) is 0 Å². The third-order valence-electron chi connectivity index (χ3n) is 2.96. The second-order valence-electron chi connectivity index (χ2n) is 4.51. The maximum absolute atomic E-state index is 11.8. The Balaban J connectivity index is 1.68. The Bertz CT molecular complexity index is 610. The van der Waals surface area contributed by atoms with E-state index in [1.165, 1.54) is 4.88 Å². The molecule has 1 heterocycles. The number of benzene rings is 1. The van der Waals surface area contributed by atoms with Crippen LogP contribution >= 0.6 is 11.3 Å². The molecule has 0 unspecified atom stereocenters. The molecular weight excluding hydrogens is 286 g/mol. The van der Waals surface area contributed by atoms with Gasteiger partial charge in [0.2, 0.25) is 5.91 Å². The van der Waals surface area contributed by atoms with E-state index in [1.54, 1.807) is 41.1 Å². The number of hydrogen-bond acceptors (Lipinski definition) is 4. The lowest BCUT2D eigenvalue weighted by molar-refractivity contribution is -0.120. The van der Waals surface area contributed by atoms with Crippen LogP contribution in [0.5, 0.6) is 0 Å². The van der Waals surface area contributed by atoms with E-state index in [2.05, 4.69) is 15.6 Å². The highest BCUT2D eigenvalue weighted by molar-refractivity contribution is 7.09. The normalized spacial score (nSPS) is 10.1. The molecular formula is C15H17N3O2S. The van der Waals surface area contributed by atoms with Gasteiger partial charge in [0, 0.05) is 23.4 Å². The topological polar surface area (TPSA) is 71.1 Å². The summed E-state index contributed by atoms with van der Waals surface area (Å²) < 4.78 is 0. The summed E-state index contributed by atoms with van der Waals surface area (Å²) in [4.78, 5) is 28.7. The van der Waals surface area contributed by atoms with Gasteiger partial charge in [-0.1, -0.05) is 18.2 Å². The first-order chi connectivity index (χ1) is 10.2. The van der Waals surface area contributed by atoms with E-state index in [0.717, 1.165) is 12.1 Å². The lowest BCUT2D eigenvalue weighted by Crippen LogP contribution is -2.37. The molecule has 21 heavy (non-hydrogen) atoms. The van der Waals surface area contributed by atoms with Crippen molar-refractivity contribution in [1.82, 2.24) is 15.6 Å². The molecule has 2 rings (SSSR count). The predicted molar refractivity (Wildman–Crippen MR) is 82.3 cm³/mol. The maximum atomic E-state index is 11.8. The van der Waals surface area contributed by atoms with Crippen LogP contribution in [0, 0.1) is 6.92 Å². The van der Waals surface area contributed by atoms with Crippen LogP contribution in [-0.2, 0) is 11.2 Å². The summed E-state index contributed by atoms with van der Waals surface area (Å²) in [6.07, 6.45) is 0.759. The summed E-state index contributed by atoms with van der Waals surface area (Å²) in [6, 6.07) is 8.82. The number of aryl methyl sites for hydroxylation is 1. The fourth-order valence-electron chi connectivity index (χ4n) is 1.80. The molecule has 0 bridgehead atoms. The number of carbonyl (C=O) groups is 2. The number of nitrogens with zero attached hydrogens (tertiary/aromatic N) is 1. The fraction of sp³-hybridized carbons (Fsp3) is 0.267. The highest BCUT2D eigenvalue weighted by Gasteiger charge is 2.07. The molecule has 0 saturated carbocycles. The molecule has 2 N–H and O–H groups in total. The number of thiazole rings is 1. The SMILES string of the molecule is Cc1ncsc1CCNC(=O)CNC(=O)c1ccccc1. The van der Waals surface area contributed by atoms with Gasteiger partial charge in [0.1, 0.15) is 0 Å². The average Bonchev–Trinajstić information content (AvgIpc) is 2.91. The van der Waals surface area contributed by atoms with Gasteiger partial charge in [-0.15, -0.1) is 11.3 Å². The van der Waals surface area contributed by atoms with E-state index in [4.69, 9.17) is 0 Å². The molecule has 0 aliphatic rings. The second kappa shape index (κ2) is 7.54. The van der Waals surface area contributed by atoms with Crippen LogP contribution in [-0.4, -0.2) is 29.9 Å². The van der Waals surface area contributed by atoms with E-state index in [1.807, 2.05) is 13.0 Å². The van der Waals surface area contributed by atoms with Crippen molar-refractivity contribution in [2.45, 2.75) is 13.3 Å². The van der Waals surface area contributed by atoms with E-state index >= 15 is 0 Å². The molecule has 2 aromatic rings. The molecule has 0 aliphatic heterocycles. The average molecular weight is 303 g/mol. The zero-order valence-electron chi connectivity index (χ0n) is 11.8. The largest absolute Gasteiger partial charge is 0.354 e. The van der Waals surface area contributed by atoms with Crippen molar-refractivity contribution < 1.29 is 9.59 Å². The second-order valence-corrected chi connectivity index (χ2v) is 5.45. The lowest BCUT2D eigenvalue weighted by Gasteiger charge is -2.06. The molecule has 110 valence electrons. The van der Waals surface area contributed by atoms with E-state index < -0.39 is 0 Å². The molecule has 0 saturated heterocycles. The Kier molecular flexibility index (Phi) is 5.45. The van der Waals surface area contributed by atoms with E-state index in [9.17, 15) is 9.59 Å². The molecule has 0 spiro atoms. The minimum atomic E-state index is -0.246. The van der Waals surface area contributed by atoms with Crippen molar-refractivity contribution >= 4 is 23.2 Å². The first-order valence-corrected chi connectivity index (χ1v) is 7.53. The third-order valence-corrected chi connectivity index (χ3v) is 3.96. The molecule has 1 aromatic carbocycles. The van der Waals surface area contributed by atoms with Crippen LogP contribution in [0.2, 0.25) is 0 Å². The maximum Gasteiger partial charge on any atom is 0.251 e. The Morgan fingerprint density at radius 2 is 1.95 bits per heavy atom. The Morgan fingerprint density at radius 1 is 1.19 bits per heavy atom. The van der Waals surface area contributed by atoms with Crippen LogP contribution in [0.3, 0.4) is 0 Å². The zero-order valence-corrected chi connectivity index (χ0v) is 12.6. The summed E-state index contributed by atoms with van der Waals surface area (Å²) in [7, 11) is 0. The number of carbonyl (C=O) groups excluding carboxylic acids is 2. The van der Waals surface area contributed by atoms with Crippen LogP contribution in [0.4, 0.5) is 0 Å². The Hall–Kier alpha value is -2.21. The van der Waals surface area contributed by atoms with Gasteiger partial charge < -0.3 is 10.6 Å². The Labute approximate surface area is 127 Å². The highest BCUT2D eigenvalue weighted by Crippen LogP contribution is 2.11. The first kappa shape index (κ1) is 15.2. The molecule has 0 radical (unpaired) electrons. The molecule has 1 aromatic heterocycles. The van der Waals surface area contributed by atoms with Gasteiger partial charge in [0.25, 0.3) is 5.91 Å². The van der Waals surface area contributed by atoms with Crippen molar-refractivity contribution in [3.05, 3.63) is 52.0 Å². The third kappa shape index (κ3) is 4.68. The minimum absolute atomic E-state index is 0.0185. The molecule has 0 aliphatic carbocycles.